The highest BCUT2D eigenvalue weighted by atomic mass is 19.2. The third-order valence-corrected chi connectivity index (χ3v) is 6.19. The second-order valence-electron chi connectivity index (χ2n) is 8.61. The van der Waals surface area contributed by atoms with E-state index in [2.05, 4.69) is 38.1 Å². The highest BCUT2D eigenvalue weighted by Crippen LogP contribution is 2.33. The third kappa shape index (κ3) is 5.22. The van der Waals surface area contributed by atoms with E-state index in [-0.39, 0.29) is 5.56 Å². The summed E-state index contributed by atoms with van der Waals surface area (Å²) >= 11 is 0. The first-order valence-electron chi connectivity index (χ1n) is 11.9. The Balaban J connectivity index is 1.56. The molecule has 0 unspecified atom stereocenters. The summed E-state index contributed by atoms with van der Waals surface area (Å²) in [5, 5.41) is 0. The van der Waals surface area contributed by atoms with Crippen molar-refractivity contribution in [2.75, 3.05) is 0 Å². The van der Waals surface area contributed by atoms with Gasteiger partial charge in [-0.05, 0) is 52.6 Å². The molecule has 0 fully saturated rings. The van der Waals surface area contributed by atoms with Gasteiger partial charge in [0.15, 0.2) is 11.6 Å². The Morgan fingerprint density at radius 3 is 1.30 bits per heavy atom. The van der Waals surface area contributed by atoms with Gasteiger partial charge in [-0.1, -0.05) is 112 Å². The van der Waals surface area contributed by atoms with Gasteiger partial charge in [0.05, 0.1) is 0 Å². The van der Waals surface area contributed by atoms with Crippen LogP contribution >= 0.6 is 0 Å². The lowest BCUT2D eigenvalue weighted by Gasteiger charge is -2.11. The Bertz CT molecular complexity index is 1190. The number of benzene rings is 4. The minimum atomic E-state index is -0.806. The maximum atomic E-state index is 15.0. The molecule has 0 bridgehead atoms. The zero-order valence-electron chi connectivity index (χ0n) is 19.4. The fourth-order valence-corrected chi connectivity index (χ4v) is 4.22. The lowest BCUT2D eigenvalue weighted by Crippen LogP contribution is -1.94. The van der Waals surface area contributed by atoms with Gasteiger partial charge in [0.2, 0.25) is 0 Å². The summed E-state index contributed by atoms with van der Waals surface area (Å²) in [5.74, 6) is -1.61. The van der Waals surface area contributed by atoms with E-state index in [4.69, 9.17) is 0 Å². The van der Waals surface area contributed by atoms with Crippen LogP contribution in [0.4, 0.5) is 8.78 Å². The van der Waals surface area contributed by atoms with Gasteiger partial charge in [-0.3, -0.25) is 0 Å². The molecule has 0 heterocycles. The number of aryl methyl sites for hydroxylation is 2. The molecule has 0 saturated heterocycles. The monoisotopic (exact) mass is 440 g/mol. The standard InChI is InChI=1S/C31H30F2/c1-3-5-7-23-10-14-26(15-11-23)28-20-21-29(31(33)30(28)32)27-18-16-25(17-19-27)24-12-8-22(6-4-2)9-13-24/h8-21H,3-7H2,1-2H3. The minimum Gasteiger partial charge on any atom is -0.203 e. The molecule has 0 aliphatic heterocycles. The average molecular weight is 441 g/mol. The van der Waals surface area contributed by atoms with Crippen molar-refractivity contribution in [3.8, 4) is 33.4 Å². The van der Waals surface area contributed by atoms with Gasteiger partial charge in [-0.2, -0.15) is 0 Å². The van der Waals surface area contributed by atoms with Gasteiger partial charge in [0.25, 0.3) is 0 Å². The van der Waals surface area contributed by atoms with Crippen molar-refractivity contribution in [3.05, 3.63) is 108 Å². The minimum absolute atomic E-state index is 0.278. The molecule has 168 valence electrons. The zero-order chi connectivity index (χ0) is 23.2. The van der Waals surface area contributed by atoms with Crippen molar-refractivity contribution in [3.63, 3.8) is 0 Å². The van der Waals surface area contributed by atoms with Gasteiger partial charge in [0.1, 0.15) is 0 Å². The quantitative estimate of drug-likeness (QED) is 0.256. The Hall–Kier alpha value is -3.26. The number of hydrogen-bond donors (Lipinski definition) is 0. The van der Waals surface area contributed by atoms with Gasteiger partial charge in [0, 0.05) is 11.1 Å². The van der Waals surface area contributed by atoms with Crippen molar-refractivity contribution in [2.24, 2.45) is 0 Å². The van der Waals surface area contributed by atoms with Crippen LogP contribution in [0.1, 0.15) is 44.2 Å². The van der Waals surface area contributed by atoms with E-state index in [0.29, 0.717) is 16.7 Å². The lowest BCUT2D eigenvalue weighted by atomic mass is 9.96. The summed E-state index contributed by atoms with van der Waals surface area (Å²) in [7, 11) is 0. The van der Waals surface area contributed by atoms with E-state index >= 15 is 8.78 Å². The molecule has 0 N–H and O–H groups in total. The Kier molecular flexibility index (Phi) is 7.34. The lowest BCUT2D eigenvalue weighted by molar-refractivity contribution is 0.514. The van der Waals surface area contributed by atoms with Gasteiger partial charge in [-0.15, -0.1) is 0 Å². The molecular formula is C31H30F2. The predicted octanol–water partition coefficient (Wildman–Crippen LogP) is 9.26. The smallest absolute Gasteiger partial charge is 0.167 e. The molecule has 2 heteroatoms. The highest BCUT2D eigenvalue weighted by Gasteiger charge is 2.16. The maximum Gasteiger partial charge on any atom is 0.167 e. The van der Waals surface area contributed by atoms with Crippen molar-refractivity contribution in [2.45, 2.75) is 46.0 Å². The Morgan fingerprint density at radius 1 is 0.455 bits per heavy atom. The predicted molar refractivity (Wildman–Crippen MR) is 135 cm³/mol. The first kappa shape index (κ1) is 22.9. The second kappa shape index (κ2) is 10.6. The average Bonchev–Trinajstić information content (AvgIpc) is 2.86. The number of hydrogen-bond acceptors (Lipinski definition) is 0. The van der Waals surface area contributed by atoms with E-state index in [9.17, 15) is 0 Å². The van der Waals surface area contributed by atoms with E-state index in [1.165, 1.54) is 11.1 Å². The molecular weight excluding hydrogens is 410 g/mol. The second-order valence-corrected chi connectivity index (χ2v) is 8.61. The van der Waals surface area contributed by atoms with Crippen molar-refractivity contribution >= 4 is 0 Å². The zero-order valence-corrected chi connectivity index (χ0v) is 19.4. The Labute approximate surface area is 195 Å². The normalized spacial score (nSPS) is 11.0. The molecule has 0 aliphatic carbocycles. The summed E-state index contributed by atoms with van der Waals surface area (Å²) < 4.78 is 30.1. The van der Waals surface area contributed by atoms with Crippen LogP contribution in [0, 0.1) is 11.6 Å². The largest absolute Gasteiger partial charge is 0.203 e. The van der Waals surface area contributed by atoms with Gasteiger partial charge < -0.3 is 0 Å². The summed E-state index contributed by atoms with van der Waals surface area (Å²) in [6.07, 6.45) is 5.46. The van der Waals surface area contributed by atoms with Crippen LogP contribution in [0.3, 0.4) is 0 Å². The number of halogens is 2. The van der Waals surface area contributed by atoms with Gasteiger partial charge in [-0.25, -0.2) is 8.78 Å². The summed E-state index contributed by atoms with van der Waals surface area (Å²) in [6.45, 7) is 4.33. The molecule has 0 nitrogen and oxygen atoms in total. The molecule has 0 aromatic heterocycles. The van der Waals surface area contributed by atoms with Gasteiger partial charge >= 0.3 is 0 Å². The maximum absolute atomic E-state index is 15.0. The third-order valence-electron chi connectivity index (χ3n) is 6.19. The molecule has 4 aromatic carbocycles. The topological polar surface area (TPSA) is 0 Å². The molecule has 4 aromatic rings. The first-order valence-corrected chi connectivity index (χ1v) is 11.9. The first-order chi connectivity index (χ1) is 16.1. The van der Waals surface area contributed by atoms with E-state index in [1.807, 2.05) is 48.5 Å². The van der Waals surface area contributed by atoms with Crippen molar-refractivity contribution < 1.29 is 8.78 Å². The molecule has 0 radical (unpaired) electrons. The molecule has 0 spiro atoms. The SMILES string of the molecule is CCCCc1ccc(-c2ccc(-c3ccc(-c4ccc(CCC)cc4)cc3)c(F)c2F)cc1. The highest BCUT2D eigenvalue weighted by molar-refractivity contribution is 5.74. The van der Waals surface area contributed by atoms with Crippen molar-refractivity contribution in [1.29, 1.82) is 0 Å². The summed E-state index contributed by atoms with van der Waals surface area (Å²) in [4.78, 5) is 0. The van der Waals surface area contributed by atoms with Crippen LogP contribution in [0.5, 0.6) is 0 Å². The van der Waals surface area contributed by atoms with Crippen LogP contribution in [0.2, 0.25) is 0 Å². The van der Waals surface area contributed by atoms with Crippen LogP contribution in [0.25, 0.3) is 33.4 Å². The number of unbranched alkanes of at least 4 members (excludes halogenated alkanes) is 1. The summed E-state index contributed by atoms with van der Waals surface area (Å²) in [6, 6.07) is 27.3. The van der Waals surface area contributed by atoms with Crippen molar-refractivity contribution in [1.82, 2.24) is 0 Å². The van der Waals surface area contributed by atoms with Crippen LogP contribution in [-0.2, 0) is 12.8 Å². The molecule has 4 rings (SSSR count). The molecule has 33 heavy (non-hydrogen) atoms. The van der Waals surface area contributed by atoms with E-state index < -0.39 is 11.6 Å². The van der Waals surface area contributed by atoms with E-state index in [1.54, 1.807) is 12.1 Å². The fraction of sp³-hybridized carbons (Fsp3) is 0.226. The Morgan fingerprint density at radius 2 is 0.848 bits per heavy atom. The molecule has 0 atom stereocenters. The summed E-state index contributed by atoms with van der Waals surface area (Å²) in [5.41, 5.74) is 6.65. The molecule has 0 saturated carbocycles. The van der Waals surface area contributed by atoms with E-state index in [0.717, 1.165) is 43.2 Å². The fourth-order valence-electron chi connectivity index (χ4n) is 4.22. The van der Waals surface area contributed by atoms with Crippen LogP contribution < -0.4 is 0 Å². The molecule has 0 aliphatic rings. The van der Waals surface area contributed by atoms with Crippen LogP contribution in [-0.4, -0.2) is 0 Å². The number of rotatable bonds is 8. The molecule has 0 amide bonds. The van der Waals surface area contributed by atoms with Crippen LogP contribution in [0.15, 0.2) is 84.9 Å².